The first-order valence-corrected chi connectivity index (χ1v) is 9.85. The Labute approximate surface area is 163 Å². The Morgan fingerprint density at radius 3 is 2.61 bits per heavy atom. The number of hydrogen-bond acceptors (Lipinski definition) is 3. The number of aromatic amines is 1. The summed E-state index contributed by atoms with van der Waals surface area (Å²) in [6.07, 6.45) is 7.49. The number of carbonyl (C=O) groups excluding carboxylic acids is 2. The smallest absolute Gasteiger partial charge is 0.253 e. The van der Waals surface area contributed by atoms with Crippen LogP contribution >= 0.6 is 0 Å². The molecule has 4 rings (SSSR count). The average molecular weight is 384 g/mol. The predicted octanol–water partition coefficient (Wildman–Crippen LogP) is 2.64. The fourth-order valence-electron chi connectivity index (χ4n) is 4.35. The van der Waals surface area contributed by atoms with Crippen molar-refractivity contribution in [2.75, 3.05) is 26.2 Å². The minimum absolute atomic E-state index is 0.0437. The van der Waals surface area contributed by atoms with Crippen molar-refractivity contribution >= 4 is 11.8 Å². The molecular weight excluding hydrogens is 359 g/mol. The maximum Gasteiger partial charge on any atom is 0.253 e. The molecule has 0 saturated carbocycles. The number of hydrogen-bond donors (Lipinski definition) is 1. The summed E-state index contributed by atoms with van der Waals surface area (Å²) in [5.74, 6) is -0.163. The second-order valence-corrected chi connectivity index (χ2v) is 7.94. The number of amides is 2. The van der Waals surface area contributed by atoms with Crippen LogP contribution in [0.15, 0.2) is 36.8 Å². The van der Waals surface area contributed by atoms with Crippen molar-refractivity contribution in [2.24, 2.45) is 5.41 Å². The molecule has 7 heteroatoms. The number of nitrogens with one attached hydrogen (secondary N) is 1. The Balaban J connectivity index is 1.35. The lowest BCUT2D eigenvalue weighted by Crippen LogP contribution is -2.52. The van der Waals surface area contributed by atoms with Crippen LogP contribution in [0.25, 0.3) is 0 Å². The number of likely N-dealkylation sites (tertiary alicyclic amines) is 2. The normalized spacial score (nSPS) is 19.2. The second-order valence-electron chi connectivity index (χ2n) is 7.94. The molecule has 2 aromatic rings. The van der Waals surface area contributed by atoms with Gasteiger partial charge in [-0.2, -0.15) is 0 Å². The van der Waals surface area contributed by atoms with Crippen LogP contribution in [0.2, 0.25) is 0 Å². The van der Waals surface area contributed by atoms with E-state index in [9.17, 15) is 14.0 Å². The van der Waals surface area contributed by atoms with Gasteiger partial charge in [-0.25, -0.2) is 9.37 Å². The van der Waals surface area contributed by atoms with Gasteiger partial charge in [-0.3, -0.25) is 9.59 Å². The van der Waals surface area contributed by atoms with Crippen LogP contribution in [0.1, 0.15) is 41.7 Å². The first kappa shape index (κ1) is 18.7. The highest BCUT2D eigenvalue weighted by Gasteiger charge is 2.41. The van der Waals surface area contributed by atoms with E-state index in [-0.39, 0.29) is 23.0 Å². The molecule has 148 valence electrons. The number of rotatable bonds is 4. The molecule has 1 spiro atoms. The highest BCUT2D eigenvalue weighted by Crippen LogP contribution is 2.40. The Morgan fingerprint density at radius 1 is 1.18 bits per heavy atom. The lowest BCUT2D eigenvalue weighted by Gasteiger charge is -2.47. The molecule has 0 unspecified atom stereocenters. The van der Waals surface area contributed by atoms with Crippen molar-refractivity contribution in [3.63, 3.8) is 0 Å². The van der Waals surface area contributed by atoms with Crippen LogP contribution in [0.5, 0.6) is 0 Å². The minimum atomic E-state index is -0.337. The van der Waals surface area contributed by atoms with Gasteiger partial charge in [0, 0.05) is 56.5 Å². The average Bonchev–Trinajstić information content (AvgIpc) is 3.23. The summed E-state index contributed by atoms with van der Waals surface area (Å²) < 4.78 is 13.1. The van der Waals surface area contributed by atoms with Gasteiger partial charge in [0.25, 0.3) is 5.91 Å². The van der Waals surface area contributed by atoms with E-state index < -0.39 is 0 Å². The number of carbonyl (C=O) groups is 2. The molecule has 2 fully saturated rings. The third kappa shape index (κ3) is 3.93. The lowest BCUT2D eigenvalue weighted by atomic mass is 9.72. The number of piperidine rings is 2. The standard InChI is InChI=1S/C21H25FN4O2/c22-17-3-1-16(2-4-17)20(28)25-11-8-21(9-12-25)7-5-19(27)26(14-21)10-6-18-13-23-15-24-18/h1-4,13,15H,5-12,14H2,(H,23,24). The van der Waals surface area contributed by atoms with E-state index in [2.05, 4.69) is 9.97 Å². The fourth-order valence-corrected chi connectivity index (χ4v) is 4.35. The summed E-state index contributed by atoms with van der Waals surface area (Å²) in [5, 5.41) is 0. The summed E-state index contributed by atoms with van der Waals surface area (Å²) in [7, 11) is 0. The monoisotopic (exact) mass is 384 g/mol. The Hall–Kier alpha value is -2.70. The molecule has 1 aromatic heterocycles. The van der Waals surface area contributed by atoms with Gasteiger partial charge in [0.1, 0.15) is 5.82 Å². The van der Waals surface area contributed by atoms with Crippen molar-refractivity contribution < 1.29 is 14.0 Å². The maximum atomic E-state index is 13.1. The van der Waals surface area contributed by atoms with Crippen LogP contribution in [-0.4, -0.2) is 57.8 Å². The highest BCUT2D eigenvalue weighted by molar-refractivity contribution is 5.94. The van der Waals surface area contributed by atoms with E-state index in [4.69, 9.17) is 0 Å². The van der Waals surface area contributed by atoms with E-state index in [1.54, 1.807) is 24.7 Å². The Morgan fingerprint density at radius 2 is 1.93 bits per heavy atom. The molecule has 28 heavy (non-hydrogen) atoms. The topological polar surface area (TPSA) is 69.3 Å². The maximum absolute atomic E-state index is 13.1. The summed E-state index contributed by atoms with van der Waals surface area (Å²) in [4.78, 5) is 36.0. The number of H-pyrrole nitrogens is 1. The van der Waals surface area contributed by atoms with Crippen LogP contribution in [0, 0.1) is 11.2 Å². The molecule has 0 atom stereocenters. The van der Waals surface area contributed by atoms with Gasteiger partial charge in [-0.15, -0.1) is 0 Å². The van der Waals surface area contributed by atoms with Crippen LogP contribution < -0.4 is 0 Å². The van der Waals surface area contributed by atoms with Crippen LogP contribution in [0.4, 0.5) is 4.39 Å². The molecule has 2 aliphatic rings. The molecule has 3 heterocycles. The molecular formula is C21H25FN4O2. The predicted molar refractivity (Wildman–Crippen MR) is 102 cm³/mol. The third-order valence-electron chi connectivity index (χ3n) is 6.16. The van der Waals surface area contributed by atoms with Crippen LogP contribution in [0.3, 0.4) is 0 Å². The zero-order valence-electron chi connectivity index (χ0n) is 15.9. The lowest BCUT2D eigenvalue weighted by molar-refractivity contribution is -0.138. The van der Waals surface area contributed by atoms with Gasteiger partial charge in [0.05, 0.1) is 6.33 Å². The number of nitrogens with zero attached hydrogens (tertiary/aromatic N) is 3. The summed E-state index contributed by atoms with van der Waals surface area (Å²) in [6.45, 7) is 2.82. The molecule has 2 saturated heterocycles. The minimum Gasteiger partial charge on any atom is -0.348 e. The summed E-state index contributed by atoms with van der Waals surface area (Å²) in [5.41, 5.74) is 1.66. The summed E-state index contributed by atoms with van der Waals surface area (Å²) in [6, 6.07) is 5.73. The molecule has 0 bridgehead atoms. The van der Waals surface area contributed by atoms with E-state index in [1.165, 1.54) is 12.1 Å². The number of benzene rings is 1. The number of imidazole rings is 1. The summed E-state index contributed by atoms with van der Waals surface area (Å²) >= 11 is 0. The largest absolute Gasteiger partial charge is 0.348 e. The van der Waals surface area contributed by atoms with Crippen molar-refractivity contribution in [3.8, 4) is 0 Å². The fraction of sp³-hybridized carbons (Fsp3) is 0.476. The van der Waals surface area contributed by atoms with Crippen molar-refractivity contribution in [2.45, 2.75) is 32.1 Å². The number of halogens is 1. The molecule has 0 aliphatic carbocycles. The molecule has 0 radical (unpaired) electrons. The van der Waals surface area contributed by atoms with Crippen molar-refractivity contribution in [1.82, 2.24) is 19.8 Å². The first-order chi connectivity index (χ1) is 13.5. The molecule has 1 N–H and O–H groups in total. The van der Waals surface area contributed by atoms with Crippen molar-refractivity contribution in [1.29, 1.82) is 0 Å². The van der Waals surface area contributed by atoms with Gasteiger partial charge in [-0.1, -0.05) is 0 Å². The van der Waals surface area contributed by atoms with Gasteiger partial charge >= 0.3 is 0 Å². The molecule has 2 amide bonds. The second kappa shape index (κ2) is 7.73. The van der Waals surface area contributed by atoms with E-state index in [0.717, 1.165) is 37.9 Å². The van der Waals surface area contributed by atoms with Crippen molar-refractivity contribution in [3.05, 3.63) is 53.9 Å². The van der Waals surface area contributed by atoms with E-state index in [0.29, 0.717) is 31.6 Å². The Kier molecular flexibility index (Phi) is 5.15. The van der Waals surface area contributed by atoms with E-state index in [1.807, 2.05) is 9.80 Å². The molecule has 2 aliphatic heterocycles. The Bertz CT molecular complexity index is 827. The quantitative estimate of drug-likeness (QED) is 0.881. The zero-order chi connectivity index (χ0) is 19.6. The van der Waals surface area contributed by atoms with Gasteiger partial charge in [0.2, 0.25) is 5.91 Å². The SMILES string of the molecule is O=C1CCC2(CCN(C(=O)c3ccc(F)cc3)CC2)CN1CCc1cnc[nH]1. The van der Waals surface area contributed by atoms with E-state index >= 15 is 0 Å². The first-order valence-electron chi connectivity index (χ1n) is 9.85. The highest BCUT2D eigenvalue weighted by atomic mass is 19.1. The van der Waals surface area contributed by atoms with Gasteiger partial charge in [-0.05, 0) is 48.9 Å². The zero-order valence-corrected chi connectivity index (χ0v) is 15.9. The molecule has 6 nitrogen and oxygen atoms in total. The number of aromatic nitrogens is 2. The van der Waals surface area contributed by atoms with Gasteiger partial charge < -0.3 is 14.8 Å². The molecule has 1 aromatic carbocycles. The van der Waals surface area contributed by atoms with Crippen LogP contribution in [-0.2, 0) is 11.2 Å². The van der Waals surface area contributed by atoms with Gasteiger partial charge in [0.15, 0.2) is 0 Å². The third-order valence-corrected chi connectivity index (χ3v) is 6.16.